The summed E-state index contributed by atoms with van der Waals surface area (Å²) in [4.78, 5) is 26.6. The molecule has 0 radical (unpaired) electrons. The van der Waals surface area contributed by atoms with E-state index in [-0.39, 0.29) is 17.7 Å². The molecule has 0 aliphatic carbocycles. The molecule has 2 aromatic rings. The van der Waals surface area contributed by atoms with E-state index in [0.29, 0.717) is 5.82 Å². The maximum absolute atomic E-state index is 11.8. The highest BCUT2D eigenvalue weighted by molar-refractivity contribution is 5.87. The third-order valence-corrected chi connectivity index (χ3v) is 2.69. The first-order valence-corrected chi connectivity index (χ1v) is 5.92. The average Bonchev–Trinajstić information content (AvgIpc) is 2.79. The zero-order valence-corrected chi connectivity index (χ0v) is 10.5. The second kappa shape index (κ2) is 5.47. The van der Waals surface area contributed by atoms with Crippen molar-refractivity contribution >= 4 is 5.97 Å². The van der Waals surface area contributed by atoms with Gasteiger partial charge in [-0.25, -0.2) is 14.5 Å². The van der Waals surface area contributed by atoms with Crippen molar-refractivity contribution in [3.8, 4) is 0 Å². The third kappa shape index (κ3) is 2.87. The fraction of sp³-hybridized carbons (Fsp3) is 0.333. The maximum Gasteiger partial charge on any atom is 0.335 e. The number of aromatic nitrogens is 4. The van der Waals surface area contributed by atoms with E-state index in [0.717, 1.165) is 19.0 Å². The molecule has 0 amide bonds. The predicted octanol–water partition coefficient (Wildman–Crippen LogP) is 0.596. The second-order valence-corrected chi connectivity index (χ2v) is 4.09. The topological polar surface area (TPSA) is 90.0 Å². The van der Waals surface area contributed by atoms with Gasteiger partial charge < -0.3 is 9.67 Å². The Morgan fingerprint density at radius 3 is 2.89 bits per heavy atom. The molecule has 100 valence electrons. The Kier molecular flexibility index (Phi) is 3.74. The van der Waals surface area contributed by atoms with Crippen molar-refractivity contribution in [2.75, 3.05) is 0 Å². The maximum atomic E-state index is 11.8. The summed E-state index contributed by atoms with van der Waals surface area (Å²) < 4.78 is 3.14. The van der Waals surface area contributed by atoms with Crippen LogP contribution in [0.1, 0.15) is 29.5 Å². The van der Waals surface area contributed by atoms with E-state index < -0.39 is 5.97 Å². The Balaban J connectivity index is 2.26. The lowest BCUT2D eigenvalue weighted by Gasteiger charge is -2.07. The van der Waals surface area contributed by atoms with E-state index >= 15 is 0 Å². The molecule has 0 fully saturated rings. The molecular weight excluding hydrogens is 248 g/mol. The van der Waals surface area contributed by atoms with Crippen LogP contribution in [0.4, 0.5) is 0 Å². The molecule has 2 heterocycles. The molecule has 0 aliphatic heterocycles. The van der Waals surface area contributed by atoms with Gasteiger partial charge in [0.05, 0.1) is 12.1 Å². The number of hydrogen-bond donors (Lipinski definition) is 1. The lowest BCUT2D eigenvalue weighted by Crippen LogP contribution is -2.22. The molecule has 0 spiro atoms. The fourth-order valence-corrected chi connectivity index (χ4v) is 1.73. The molecule has 0 atom stereocenters. The number of carbonyl (C=O) groups is 1. The van der Waals surface area contributed by atoms with Crippen LogP contribution in [0.2, 0.25) is 0 Å². The highest BCUT2D eigenvalue weighted by Gasteiger charge is 2.08. The quantitative estimate of drug-likeness (QED) is 0.852. The Hall–Kier alpha value is -2.44. The van der Waals surface area contributed by atoms with Gasteiger partial charge in [-0.2, -0.15) is 5.10 Å². The van der Waals surface area contributed by atoms with Gasteiger partial charge in [-0.1, -0.05) is 6.92 Å². The standard InChI is InChI=1S/C12H14N4O3/c1-2-4-16-10(13-8-14-16)7-15-5-3-9(12(18)19)6-11(15)17/h3,5-6,8H,2,4,7H2,1H3,(H,18,19). The minimum atomic E-state index is -1.11. The first-order chi connectivity index (χ1) is 9.11. The number of aromatic carboxylic acids is 1. The van der Waals surface area contributed by atoms with E-state index in [2.05, 4.69) is 10.1 Å². The van der Waals surface area contributed by atoms with E-state index in [1.54, 1.807) is 4.68 Å². The summed E-state index contributed by atoms with van der Waals surface area (Å²) in [6, 6.07) is 2.49. The van der Waals surface area contributed by atoms with E-state index in [1.165, 1.54) is 23.2 Å². The molecular formula is C12H14N4O3. The van der Waals surface area contributed by atoms with Gasteiger partial charge in [-0.15, -0.1) is 0 Å². The molecule has 1 N–H and O–H groups in total. The number of rotatable bonds is 5. The monoisotopic (exact) mass is 262 g/mol. The first kappa shape index (κ1) is 13.0. The molecule has 0 saturated heterocycles. The van der Waals surface area contributed by atoms with Crippen molar-refractivity contribution in [1.29, 1.82) is 0 Å². The summed E-state index contributed by atoms with van der Waals surface area (Å²) in [6.07, 6.45) is 3.82. The average molecular weight is 262 g/mol. The summed E-state index contributed by atoms with van der Waals surface area (Å²) in [5, 5.41) is 12.9. The smallest absolute Gasteiger partial charge is 0.335 e. The van der Waals surface area contributed by atoms with Crippen LogP contribution in [-0.2, 0) is 13.1 Å². The molecule has 0 aliphatic rings. The molecule has 2 aromatic heterocycles. The Bertz CT molecular complexity index is 644. The number of hydrogen-bond acceptors (Lipinski definition) is 4. The lowest BCUT2D eigenvalue weighted by molar-refractivity contribution is 0.0696. The molecule has 7 nitrogen and oxygen atoms in total. The molecule has 2 rings (SSSR count). The summed E-state index contributed by atoms with van der Waals surface area (Å²) in [7, 11) is 0. The van der Waals surface area contributed by atoms with Crippen molar-refractivity contribution in [2.45, 2.75) is 26.4 Å². The SMILES string of the molecule is CCCn1ncnc1Cn1ccc(C(=O)O)cc1=O. The van der Waals surface area contributed by atoms with Crippen LogP contribution in [-0.4, -0.2) is 30.4 Å². The number of pyridine rings is 1. The van der Waals surface area contributed by atoms with Crippen LogP contribution < -0.4 is 5.56 Å². The van der Waals surface area contributed by atoms with Crippen molar-refractivity contribution in [1.82, 2.24) is 19.3 Å². The minimum Gasteiger partial charge on any atom is -0.478 e. The largest absolute Gasteiger partial charge is 0.478 e. The van der Waals surface area contributed by atoms with Crippen LogP contribution in [0, 0.1) is 0 Å². The van der Waals surface area contributed by atoms with Gasteiger partial charge in [0.1, 0.15) is 12.2 Å². The van der Waals surface area contributed by atoms with Crippen LogP contribution in [0.3, 0.4) is 0 Å². The van der Waals surface area contributed by atoms with Gasteiger partial charge in [-0.05, 0) is 12.5 Å². The van der Waals surface area contributed by atoms with Crippen LogP contribution in [0.25, 0.3) is 0 Å². The van der Waals surface area contributed by atoms with Gasteiger partial charge in [-0.3, -0.25) is 4.79 Å². The van der Waals surface area contributed by atoms with Gasteiger partial charge in [0, 0.05) is 18.8 Å². The highest BCUT2D eigenvalue weighted by atomic mass is 16.4. The Morgan fingerprint density at radius 2 is 2.26 bits per heavy atom. The van der Waals surface area contributed by atoms with Gasteiger partial charge >= 0.3 is 5.97 Å². The molecule has 0 aromatic carbocycles. The molecule has 0 saturated carbocycles. The lowest BCUT2D eigenvalue weighted by atomic mass is 10.3. The summed E-state index contributed by atoms with van der Waals surface area (Å²) in [6.45, 7) is 3.04. The van der Waals surface area contributed by atoms with Crippen molar-refractivity contribution in [3.05, 3.63) is 46.4 Å². The normalized spacial score (nSPS) is 10.6. The number of carboxylic acids is 1. The van der Waals surface area contributed by atoms with Gasteiger partial charge in [0.25, 0.3) is 5.56 Å². The third-order valence-electron chi connectivity index (χ3n) is 2.69. The Labute approximate surface area is 109 Å². The van der Waals surface area contributed by atoms with Gasteiger partial charge in [0.2, 0.25) is 0 Å². The molecule has 19 heavy (non-hydrogen) atoms. The van der Waals surface area contributed by atoms with Crippen molar-refractivity contribution in [2.24, 2.45) is 0 Å². The second-order valence-electron chi connectivity index (χ2n) is 4.09. The van der Waals surface area contributed by atoms with E-state index in [1.807, 2.05) is 6.92 Å². The fourth-order valence-electron chi connectivity index (χ4n) is 1.73. The Morgan fingerprint density at radius 1 is 1.47 bits per heavy atom. The zero-order valence-electron chi connectivity index (χ0n) is 10.5. The molecule has 7 heteroatoms. The van der Waals surface area contributed by atoms with Crippen molar-refractivity contribution < 1.29 is 9.90 Å². The van der Waals surface area contributed by atoms with Crippen LogP contribution in [0.5, 0.6) is 0 Å². The first-order valence-electron chi connectivity index (χ1n) is 5.92. The minimum absolute atomic E-state index is 0.0173. The number of aryl methyl sites for hydroxylation is 1. The summed E-state index contributed by atoms with van der Waals surface area (Å²) in [5.41, 5.74) is -0.387. The molecule has 0 unspecified atom stereocenters. The van der Waals surface area contributed by atoms with Crippen LogP contribution in [0.15, 0.2) is 29.5 Å². The number of carboxylic acid groups (broad SMARTS) is 1. The number of nitrogens with zero attached hydrogens (tertiary/aromatic N) is 4. The highest BCUT2D eigenvalue weighted by Crippen LogP contribution is 2.00. The predicted molar refractivity (Wildman–Crippen MR) is 67.1 cm³/mol. The summed E-state index contributed by atoms with van der Waals surface area (Å²) in [5.74, 6) is -0.439. The molecule has 0 bridgehead atoms. The van der Waals surface area contributed by atoms with E-state index in [4.69, 9.17) is 5.11 Å². The van der Waals surface area contributed by atoms with Crippen LogP contribution >= 0.6 is 0 Å². The van der Waals surface area contributed by atoms with Crippen molar-refractivity contribution in [3.63, 3.8) is 0 Å². The van der Waals surface area contributed by atoms with Gasteiger partial charge in [0.15, 0.2) is 0 Å². The van der Waals surface area contributed by atoms with E-state index in [9.17, 15) is 9.59 Å². The summed E-state index contributed by atoms with van der Waals surface area (Å²) >= 11 is 0. The zero-order chi connectivity index (χ0) is 13.8.